The number of carbonyl (C=O) groups excluding carboxylic acids is 1. The van der Waals surface area contributed by atoms with Gasteiger partial charge in [-0.05, 0) is 32.4 Å². The maximum atomic E-state index is 12.7. The first-order chi connectivity index (χ1) is 11.1. The highest BCUT2D eigenvalue weighted by Crippen LogP contribution is 2.41. The standard InChI is InChI=1S/C17H26O4PS/c1-4-10-15(16(18)20-5-2)17(21-6-3)22(19)13-23-14-11-8-7-9-12-14/h7-9,11-12,15,17H,4-6,10,13H2,1-3H3/q+1. The summed E-state index contributed by atoms with van der Waals surface area (Å²) in [4.78, 5) is 13.3. The number of rotatable bonds is 11. The van der Waals surface area contributed by atoms with E-state index in [2.05, 4.69) is 0 Å². The number of hydrogen-bond acceptors (Lipinski definition) is 5. The van der Waals surface area contributed by atoms with Crippen molar-refractivity contribution in [2.45, 2.75) is 44.4 Å². The molecule has 1 rings (SSSR count). The van der Waals surface area contributed by atoms with Crippen molar-refractivity contribution in [3.63, 3.8) is 0 Å². The van der Waals surface area contributed by atoms with Gasteiger partial charge in [0.1, 0.15) is 5.92 Å². The van der Waals surface area contributed by atoms with Crippen LogP contribution in [0.25, 0.3) is 0 Å². The van der Waals surface area contributed by atoms with Crippen molar-refractivity contribution in [2.24, 2.45) is 5.92 Å². The second-order valence-electron chi connectivity index (χ2n) is 5.00. The molecule has 0 aliphatic carbocycles. The van der Waals surface area contributed by atoms with E-state index >= 15 is 0 Å². The van der Waals surface area contributed by atoms with Crippen LogP contribution >= 0.6 is 19.6 Å². The van der Waals surface area contributed by atoms with Crippen LogP contribution in [-0.2, 0) is 18.8 Å². The van der Waals surface area contributed by atoms with Crippen LogP contribution in [0.5, 0.6) is 0 Å². The van der Waals surface area contributed by atoms with Crippen molar-refractivity contribution in [3.8, 4) is 0 Å². The maximum absolute atomic E-state index is 12.7. The molecule has 0 fully saturated rings. The molecule has 3 atom stereocenters. The van der Waals surface area contributed by atoms with E-state index in [9.17, 15) is 9.36 Å². The van der Waals surface area contributed by atoms with Gasteiger partial charge in [0.15, 0.2) is 5.49 Å². The van der Waals surface area contributed by atoms with Crippen LogP contribution in [0.4, 0.5) is 0 Å². The minimum atomic E-state index is -1.68. The second kappa shape index (κ2) is 11.6. The molecule has 0 saturated carbocycles. The molecule has 0 aliphatic rings. The third-order valence-corrected chi connectivity index (χ3v) is 6.47. The van der Waals surface area contributed by atoms with E-state index < -0.39 is 19.6 Å². The Morgan fingerprint density at radius 3 is 2.43 bits per heavy atom. The van der Waals surface area contributed by atoms with Crippen LogP contribution in [0.1, 0.15) is 33.6 Å². The lowest BCUT2D eigenvalue weighted by molar-refractivity contribution is -0.151. The number of carbonyl (C=O) groups is 1. The third-order valence-electron chi connectivity index (χ3n) is 3.26. The summed E-state index contributed by atoms with van der Waals surface area (Å²) in [5.41, 5.74) is 0.434. The molecular weight excluding hydrogens is 331 g/mol. The maximum Gasteiger partial charge on any atom is 0.382 e. The summed E-state index contributed by atoms with van der Waals surface area (Å²) >= 11 is 1.53. The summed E-state index contributed by atoms with van der Waals surface area (Å²) in [6.45, 7) is 6.40. The van der Waals surface area contributed by atoms with Crippen molar-refractivity contribution >= 4 is 25.5 Å². The quantitative estimate of drug-likeness (QED) is 0.320. The average molecular weight is 357 g/mol. The minimum absolute atomic E-state index is 0.305. The van der Waals surface area contributed by atoms with E-state index in [0.29, 0.717) is 25.1 Å². The fourth-order valence-corrected chi connectivity index (χ4v) is 5.27. The predicted molar refractivity (Wildman–Crippen MR) is 95.2 cm³/mol. The SMILES string of the molecule is CCCC(C(=O)OCC)C(OCC)[P+](=O)CSc1ccccc1. The normalized spacial score (nSPS) is 14.1. The Kier molecular flexibility index (Phi) is 10.2. The molecule has 1 aromatic rings. The van der Waals surface area contributed by atoms with Crippen LogP contribution in [0.15, 0.2) is 35.2 Å². The third kappa shape index (κ3) is 7.03. The highest BCUT2D eigenvalue weighted by atomic mass is 32.2. The van der Waals surface area contributed by atoms with E-state index in [-0.39, 0.29) is 5.97 Å². The zero-order valence-electron chi connectivity index (χ0n) is 14.1. The lowest BCUT2D eigenvalue weighted by Crippen LogP contribution is -2.30. The Hall–Kier alpha value is -0.900. The molecule has 23 heavy (non-hydrogen) atoms. The number of hydrogen-bond donors (Lipinski definition) is 0. The predicted octanol–water partition coefficient (Wildman–Crippen LogP) is 4.91. The summed E-state index contributed by atoms with van der Waals surface area (Å²) in [5.74, 6) is -1.34. The Labute approximate surface area is 144 Å². The Balaban J connectivity index is 2.75. The van der Waals surface area contributed by atoms with Crippen molar-refractivity contribution in [1.82, 2.24) is 0 Å². The van der Waals surface area contributed by atoms with Crippen molar-refractivity contribution in [1.29, 1.82) is 0 Å². The van der Waals surface area contributed by atoms with Gasteiger partial charge < -0.3 is 9.47 Å². The first-order valence-electron chi connectivity index (χ1n) is 8.03. The van der Waals surface area contributed by atoms with E-state index in [0.717, 1.165) is 11.3 Å². The fraction of sp³-hybridized carbons (Fsp3) is 0.588. The first-order valence-corrected chi connectivity index (χ1v) is 10.5. The number of benzene rings is 1. The average Bonchev–Trinajstić information content (AvgIpc) is 2.57. The van der Waals surface area contributed by atoms with Gasteiger partial charge in [0, 0.05) is 11.5 Å². The number of esters is 1. The van der Waals surface area contributed by atoms with Crippen LogP contribution < -0.4 is 0 Å². The van der Waals surface area contributed by atoms with Crippen LogP contribution in [0.3, 0.4) is 0 Å². The van der Waals surface area contributed by atoms with E-state index in [4.69, 9.17) is 9.47 Å². The molecule has 128 valence electrons. The van der Waals surface area contributed by atoms with Crippen molar-refractivity contribution in [2.75, 3.05) is 18.7 Å². The van der Waals surface area contributed by atoms with E-state index in [1.54, 1.807) is 6.92 Å². The minimum Gasteiger partial charge on any atom is -0.466 e. The molecule has 0 aromatic heterocycles. The van der Waals surface area contributed by atoms with Crippen LogP contribution in [-0.4, -0.2) is 30.5 Å². The molecule has 0 aliphatic heterocycles. The Morgan fingerprint density at radius 1 is 1.17 bits per heavy atom. The smallest absolute Gasteiger partial charge is 0.382 e. The molecule has 0 radical (unpaired) electrons. The lowest BCUT2D eigenvalue weighted by atomic mass is 10.1. The van der Waals surface area contributed by atoms with Gasteiger partial charge in [-0.2, -0.15) is 0 Å². The summed E-state index contributed by atoms with van der Waals surface area (Å²) < 4.78 is 23.5. The number of thioether (sulfide) groups is 1. The highest BCUT2D eigenvalue weighted by molar-refractivity contribution is 8.03. The van der Waals surface area contributed by atoms with E-state index in [1.807, 2.05) is 44.2 Å². The zero-order valence-corrected chi connectivity index (χ0v) is 15.8. The Bertz CT molecular complexity index is 481. The second-order valence-corrected chi connectivity index (χ2v) is 8.13. The molecule has 0 bridgehead atoms. The topological polar surface area (TPSA) is 52.6 Å². The summed E-state index contributed by atoms with van der Waals surface area (Å²) in [6.07, 6.45) is 1.45. The van der Waals surface area contributed by atoms with Gasteiger partial charge >= 0.3 is 13.8 Å². The van der Waals surface area contributed by atoms with Gasteiger partial charge in [-0.3, -0.25) is 4.79 Å². The fourth-order valence-electron chi connectivity index (χ4n) is 2.24. The van der Waals surface area contributed by atoms with Gasteiger partial charge in [-0.1, -0.05) is 47.9 Å². The van der Waals surface area contributed by atoms with Gasteiger partial charge in [-0.15, -0.1) is 0 Å². The molecule has 6 heteroatoms. The molecule has 4 nitrogen and oxygen atoms in total. The van der Waals surface area contributed by atoms with Gasteiger partial charge in [0.05, 0.1) is 6.61 Å². The van der Waals surface area contributed by atoms with E-state index in [1.165, 1.54) is 11.8 Å². The summed E-state index contributed by atoms with van der Waals surface area (Å²) in [6, 6.07) is 9.82. The molecular formula is C17H26O4PS+. The molecule has 3 unspecified atom stereocenters. The van der Waals surface area contributed by atoms with Gasteiger partial charge in [0.2, 0.25) is 0 Å². The first kappa shape index (κ1) is 20.1. The monoisotopic (exact) mass is 357 g/mol. The summed E-state index contributed by atoms with van der Waals surface area (Å²) in [5, 5.41) is 0. The van der Waals surface area contributed by atoms with Gasteiger partial charge in [-0.25, -0.2) is 0 Å². The zero-order chi connectivity index (χ0) is 17.1. The largest absolute Gasteiger partial charge is 0.466 e. The number of ether oxygens (including phenoxy) is 2. The molecule has 0 saturated heterocycles. The van der Waals surface area contributed by atoms with Crippen LogP contribution in [0, 0.1) is 5.92 Å². The highest BCUT2D eigenvalue weighted by Gasteiger charge is 2.43. The van der Waals surface area contributed by atoms with Crippen LogP contribution in [0.2, 0.25) is 0 Å². The molecule has 0 amide bonds. The molecule has 1 aromatic carbocycles. The summed E-state index contributed by atoms with van der Waals surface area (Å²) in [7, 11) is -1.68. The molecule has 0 N–H and O–H groups in total. The lowest BCUT2D eigenvalue weighted by Gasteiger charge is -2.18. The molecule has 0 spiro atoms. The Morgan fingerprint density at radius 2 is 1.87 bits per heavy atom. The van der Waals surface area contributed by atoms with Gasteiger partial charge in [0.25, 0.3) is 5.85 Å². The van der Waals surface area contributed by atoms with Crippen molar-refractivity contribution in [3.05, 3.63) is 30.3 Å². The molecule has 0 heterocycles. The van der Waals surface area contributed by atoms with Crippen molar-refractivity contribution < 1.29 is 18.8 Å².